The van der Waals surface area contributed by atoms with E-state index in [0.29, 0.717) is 0 Å². The summed E-state index contributed by atoms with van der Waals surface area (Å²) < 4.78 is 58.2. The summed E-state index contributed by atoms with van der Waals surface area (Å²) in [6.45, 7) is 2.19. The summed E-state index contributed by atoms with van der Waals surface area (Å²) in [4.78, 5) is 0. The van der Waals surface area contributed by atoms with Gasteiger partial charge in [0.2, 0.25) is 0 Å². The first-order chi connectivity index (χ1) is 9.79. The zero-order valence-corrected chi connectivity index (χ0v) is 13.6. The Morgan fingerprint density at radius 2 is 2.05 bits per heavy atom. The molecule has 0 amide bonds. The zero-order valence-electron chi connectivity index (χ0n) is 11.4. The smallest absolute Gasteiger partial charge is 0.366 e. The van der Waals surface area contributed by atoms with Gasteiger partial charge in [0.1, 0.15) is 11.9 Å². The summed E-state index contributed by atoms with van der Waals surface area (Å²) >= 11 is 2.17. The Morgan fingerprint density at radius 1 is 1.33 bits per heavy atom. The second kappa shape index (κ2) is 6.64. The molecule has 2 aliphatic carbocycles. The van der Waals surface area contributed by atoms with Crippen molar-refractivity contribution >= 4 is 22.6 Å². The molecule has 1 nitrogen and oxygen atoms in total. The standard InChI is InChI=1S/C15H15F4IO/c1-9-5-6-10(12(20)7-9)8-21-13-4-2-3-11(14(13)16)15(17,18)19/h2-3,7,13H,4-6,8H2,1H3. The van der Waals surface area contributed by atoms with E-state index in [1.54, 1.807) is 0 Å². The van der Waals surface area contributed by atoms with Gasteiger partial charge in [0, 0.05) is 3.58 Å². The van der Waals surface area contributed by atoms with Crippen molar-refractivity contribution in [1.82, 2.24) is 0 Å². The molecule has 0 heterocycles. The minimum absolute atomic E-state index is 0.129. The van der Waals surface area contributed by atoms with E-state index in [2.05, 4.69) is 22.6 Å². The molecule has 0 N–H and O–H groups in total. The summed E-state index contributed by atoms with van der Waals surface area (Å²) in [5.74, 6) is -1.22. The van der Waals surface area contributed by atoms with E-state index in [9.17, 15) is 17.6 Å². The summed E-state index contributed by atoms with van der Waals surface area (Å²) in [5, 5.41) is 0. The first-order valence-electron chi connectivity index (χ1n) is 6.58. The number of ether oxygens (including phenoxy) is 1. The number of rotatable bonds is 3. The molecule has 2 aliphatic rings. The summed E-state index contributed by atoms with van der Waals surface area (Å²) in [7, 11) is 0. The van der Waals surface area contributed by atoms with Crippen molar-refractivity contribution in [2.24, 2.45) is 0 Å². The molecule has 0 saturated carbocycles. The molecule has 0 radical (unpaired) electrons. The largest absolute Gasteiger partial charge is 0.418 e. The quantitative estimate of drug-likeness (QED) is 0.435. The molecule has 0 spiro atoms. The fraction of sp³-hybridized carbons (Fsp3) is 0.467. The van der Waals surface area contributed by atoms with Crippen molar-refractivity contribution in [1.29, 1.82) is 0 Å². The van der Waals surface area contributed by atoms with Crippen molar-refractivity contribution in [3.8, 4) is 0 Å². The van der Waals surface area contributed by atoms with Gasteiger partial charge in [-0.2, -0.15) is 13.2 Å². The second-order valence-electron chi connectivity index (χ2n) is 5.14. The van der Waals surface area contributed by atoms with Crippen LogP contribution in [0.3, 0.4) is 0 Å². The van der Waals surface area contributed by atoms with Crippen LogP contribution in [0.1, 0.15) is 26.2 Å². The average Bonchev–Trinajstić information content (AvgIpc) is 2.38. The summed E-state index contributed by atoms with van der Waals surface area (Å²) in [6, 6.07) is 0. The highest BCUT2D eigenvalue weighted by Gasteiger charge is 2.38. The summed E-state index contributed by atoms with van der Waals surface area (Å²) in [5.41, 5.74) is 1.04. The van der Waals surface area contributed by atoms with Crippen molar-refractivity contribution in [2.45, 2.75) is 38.5 Å². The average molecular weight is 414 g/mol. The van der Waals surface area contributed by atoms with Gasteiger partial charge in [0.25, 0.3) is 0 Å². The van der Waals surface area contributed by atoms with Crippen LogP contribution < -0.4 is 0 Å². The maximum atomic E-state index is 13.9. The molecule has 2 rings (SSSR count). The van der Waals surface area contributed by atoms with Gasteiger partial charge in [-0.3, -0.25) is 0 Å². The minimum Gasteiger partial charge on any atom is -0.366 e. The van der Waals surface area contributed by atoms with Crippen LogP contribution in [-0.2, 0) is 4.74 Å². The van der Waals surface area contributed by atoms with E-state index in [4.69, 9.17) is 4.74 Å². The third-order valence-corrected chi connectivity index (χ3v) is 4.55. The van der Waals surface area contributed by atoms with Gasteiger partial charge < -0.3 is 4.74 Å². The Labute approximate surface area is 134 Å². The van der Waals surface area contributed by atoms with Crippen LogP contribution in [0.5, 0.6) is 0 Å². The SMILES string of the molecule is CC1=CC(I)=C(COC2CC=CC(C(F)(F)F)=C2F)CC1. The van der Waals surface area contributed by atoms with Gasteiger partial charge in [-0.05, 0) is 60.4 Å². The van der Waals surface area contributed by atoms with Crippen LogP contribution in [0.2, 0.25) is 0 Å². The maximum Gasteiger partial charge on any atom is 0.418 e. The molecule has 21 heavy (non-hydrogen) atoms. The van der Waals surface area contributed by atoms with Crippen molar-refractivity contribution < 1.29 is 22.3 Å². The van der Waals surface area contributed by atoms with E-state index in [0.717, 1.165) is 28.1 Å². The van der Waals surface area contributed by atoms with E-state index < -0.39 is 23.7 Å². The highest BCUT2D eigenvalue weighted by Crippen LogP contribution is 2.36. The first kappa shape index (κ1) is 16.7. The van der Waals surface area contributed by atoms with Crippen molar-refractivity contribution in [3.63, 3.8) is 0 Å². The molecular weight excluding hydrogens is 399 g/mol. The van der Waals surface area contributed by atoms with Gasteiger partial charge in [0.15, 0.2) is 0 Å². The number of hydrogen-bond acceptors (Lipinski definition) is 1. The Morgan fingerprint density at radius 3 is 2.67 bits per heavy atom. The van der Waals surface area contributed by atoms with Crippen LogP contribution in [0, 0.1) is 0 Å². The van der Waals surface area contributed by atoms with Crippen LogP contribution >= 0.6 is 22.6 Å². The second-order valence-corrected chi connectivity index (χ2v) is 6.30. The van der Waals surface area contributed by atoms with Crippen LogP contribution in [0.4, 0.5) is 17.6 Å². The fourth-order valence-corrected chi connectivity index (χ4v) is 3.19. The van der Waals surface area contributed by atoms with E-state index in [-0.39, 0.29) is 13.0 Å². The first-order valence-corrected chi connectivity index (χ1v) is 7.66. The van der Waals surface area contributed by atoms with Gasteiger partial charge in [-0.1, -0.05) is 17.7 Å². The summed E-state index contributed by atoms with van der Waals surface area (Å²) in [6.07, 6.45) is 0.131. The van der Waals surface area contributed by atoms with Crippen LogP contribution in [-0.4, -0.2) is 18.9 Å². The minimum atomic E-state index is -4.68. The number of hydrogen-bond donors (Lipinski definition) is 0. The number of alkyl halides is 3. The van der Waals surface area contributed by atoms with Gasteiger partial charge in [-0.15, -0.1) is 0 Å². The highest BCUT2D eigenvalue weighted by atomic mass is 127. The lowest BCUT2D eigenvalue weighted by Gasteiger charge is -2.23. The molecule has 1 unspecified atom stereocenters. The lowest BCUT2D eigenvalue weighted by Crippen LogP contribution is -2.23. The Hall–Kier alpha value is -0.630. The third-order valence-electron chi connectivity index (χ3n) is 3.47. The zero-order chi connectivity index (χ0) is 15.6. The van der Waals surface area contributed by atoms with Crippen LogP contribution in [0.25, 0.3) is 0 Å². The molecule has 0 aromatic carbocycles. The van der Waals surface area contributed by atoms with E-state index >= 15 is 0 Å². The lowest BCUT2D eigenvalue weighted by atomic mass is 9.99. The molecule has 116 valence electrons. The molecule has 0 fully saturated rings. The van der Waals surface area contributed by atoms with Crippen molar-refractivity contribution in [2.75, 3.05) is 6.61 Å². The molecular formula is C15H15F4IO. The topological polar surface area (TPSA) is 9.23 Å². The maximum absolute atomic E-state index is 13.9. The molecule has 0 bridgehead atoms. The lowest BCUT2D eigenvalue weighted by molar-refractivity contribution is -0.0925. The molecule has 0 aromatic heterocycles. The van der Waals surface area contributed by atoms with Crippen molar-refractivity contribution in [3.05, 3.63) is 44.4 Å². The monoisotopic (exact) mass is 414 g/mol. The predicted octanol–water partition coefficient (Wildman–Crippen LogP) is 5.55. The van der Waals surface area contributed by atoms with Gasteiger partial charge in [0.05, 0.1) is 12.2 Å². The molecule has 0 aliphatic heterocycles. The normalized spacial score (nSPS) is 23.7. The third kappa shape index (κ3) is 4.18. The van der Waals surface area contributed by atoms with Gasteiger partial charge >= 0.3 is 6.18 Å². The molecule has 0 saturated heterocycles. The number of allylic oxidation sites excluding steroid dienone is 5. The molecule has 6 heteroatoms. The predicted molar refractivity (Wildman–Crippen MR) is 81.7 cm³/mol. The van der Waals surface area contributed by atoms with E-state index in [1.807, 2.05) is 13.0 Å². The highest BCUT2D eigenvalue weighted by molar-refractivity contribution is 14.1. The fourth-order valence-electron chi connectivity index (χ4n) is 2.24. The van der Waals surface area contributed by atoms with Crippen LogP contribution in [0.15, 0.2) is 44.4 Å². The molecule has 0 aromatic rings. The molecule has 1 atom stereocenters. The number of halogens is 5. The Bertz CT molecular complexity index is 540. The van der Waals surface area contributed by atoms with E-state index in [1.165, 1.54) is 11.6 Å². The Kier molecular flexibility index (Phi) is 5.29. The van der Waals surface area contributed by atoms with Gasteiger partial charge in [-0.25, -0.2) is 4.39 Å². The Balaban J connectivity index is 2.06.